The van der Waals surface area contributed by atoms with E-state index in [9.17, 15) is 4.79 Å². The average molecular weight is 208 g/mol. The van der Waals surface area contributed by atoms with Crippen LogP contribution in [0.1, 0.15) is 46.0 Å². The summed E-state index contributed by atoms with van der Waals surface area (Å²) in [6.07, 6.45) is 4.85. The molecule has 1 aliphatic rings. The first kappa shape index (κ1) is 12.0. The molecule has 1 fully saturated rings. The number of carbonyl (C=O) groups is 1. The molecule has 0 atom stereocenters. The van der Waals surface area contributed by atoms with E-state index in [2.05, 4.69) is 25.2 Å². The van der Waals surface area contributed by atoms with Crippen molar-refractivity contribution in [1.29, 1.82) is 5.26 Å². The van der Waals surface area contributed by atoms with Crippen molar-refractivity contribution in [3.63, 3.8) is 0 Å². The highest BCUT2D eigenvalue weighted by molar-refractivity contribution is 5.88. The largest absolute Gasteiger partial charge is 0.355 e. The predicted octanol–water partition coefficient (Wildman–Crippen LogP) is 2.23. The van der Waals surface area contributed by atoms with E-state index >= 15 is 0 Å². The third-order valence-corrected chi connectivity index (χ3v) is 2.89. The molecule has 0 aromatic rings. The van der Waals surface area contributed by atoms with Crippen LogP contribution in [0.5, 0.6) is 0 Å². The second-order valence-electron chi connectivity index (χ2n) is 4.84. The van der Waals surface area contributed by atoms with Crippen molar-refractivity contribution in [1.82, 2.24) is 5.32 Å². The van der Waals surface area contributed by atoms with Crippen molar-refractivity contribution < 1.29 is 4.79 Å². The van der Waals surface area contributed by atoms with Gasteiger partial charge in [-0.2, -0.15) is 5.26 Å². The van der Waals surface area contributed by atoms with Crippen molar-refractivity contribution in [2.75, 3.05) is 6.54 Å². The molecule has 0 bridgehead atoms. The van der Waals surface area contributed by atoms with E-state index in [0.717, 1.165) is 38.1 Å². The normalized spacial score (nSPS) is 17.2. The Labute approximate surface area is 91.9 Å². The van der Waals surface area contributed by atoms with E-state index in [1.54, 1.807) is 0 Å². The van der Waals surface area contributed by atoms with Crippen LogP contribution in [-0.2, 0) is 4.79 Å². The standard InChI is InChI=1S/C12H20N2O/c1-10(2)5-3-4-8-14-11(15)12(9-13)6-7-12/h10H,3-8H2,1-2H3,(H,14,15). The topological polar surface area (TPSA) is 52.9 Å². The van der Waals surface area contributed by atoms with Gasteiger partial charge in [0.15, 0.2) is 0 Å². The van der Waals surface area contributed by atoms with Crippen LogP contribution in [0, 0.1) is 22.7 Å². The molecule has 15 heavy (non-hydrogen) atoms. The van der Waals surface area contributed by atoms with Gasteiger partial charge in [-0.05, 0) is 25.2 Å². The van der Waals surface area contributed by atoms with Crippen LogP contribution < -0.4 is 5.32 Å². The van der Waals surface area contributed by atoms with Crippen molar-refractivity contribution in [2.24, 2.45) is 11.3 Å². The summed E-state index contributed by atoms with van der Waals surface area (Å²) < 4.78 is 0. The Kier molecular flexibility index (Phi) is 4.14. The number of unbranched alkanes of at least 4 members (excludes halogenated alkanes) is 1. The second-order valence-corrected chi connectivity index (χ2v) is 4.84. The zero-order valence-electron chi connectivity index (χ0n) is 9.68. The van der Waals surface area contributed by atoms with Crippen LogP contribution in [0.3, 0.4) is 0 Å². The second kappa shape index (κ2) is 5.16. The Morgan fingerprint density at radius 2 is 2.13 bits per heavy atom. The molecule has 0 saturated heterocycles. The molecule has 3 nitrogen and oxygen atoms in total. The van der Waals surface area contributed by atoms with Gasteiger partial charge in [0.2, 0.25) is 5.91 Å². The van der Waals surface area contributed by atoms with Gasteiger partial charge in [-0.3, -0.25) is 4.79 Å². The number of hydrogen-bond donors (Lipinski definition) is 1. The molecule has 3 heteroatoms. The molecule has 1 saturated carbocycles. The van der Waals surface area contributed by atoms with E-state index < -0.39 is 5.41 Å². The minimum Gasteiger partial charge on any atom is -0.355 e. The summed E-state index contributed by atoms with van der Waals surface area (Å²) in [7, 11) is 0. The molecule has 0 radical (unpaired) electrons. The Morgan fingerprint density at radius 1 is 1.47 bits per heavy atom. The molecule has 1 rings (SSSR count). The molecule has 1 amide bonds. The highest BCUT2D eigenvalue weighted by Crippen LogP contribution is 2.44. The quantitative estimate of drug-likeness (QED) is 0.680. The lowest BCUT2D eigenvalue weighted by Crippen LogP contribution is -2.31. The fourth-order valence-electron chi connectivity index (χ4n) is 1.56. The molecule has 0 aliphatic heterocycles. The first-order chi connectivity index (χ1) is 7.10. The Morgan fingerprint density at radius 3 is 2.60 bits per heavy atom. The van der Waals surface area contributed by atoms with Gasteiger partial charge in [0.25, 0.3) is 0 Å². The molecule has 0 spiro atoms. The van der Waals surface area contributed by atoms with Gasteiger partial charge in [-0.15, -0.1) is 0 Å². The third-order valence-electron chi connectivity index (χ3n) is 2.89. The van der Waals surface area contributed by atoms with Gasteiger partial charge in [-0.25, -0.2) is 0 Å². The molecular weight excluding hydrogens is 188 g/mol. The van der Waals surface area contributed by atoms with Gasteiger partial charge in [0.05, 0.1) is 6.07 Å². The van der Waals surface area contributed by atoms with Crippen molar-refractivity contribution in [2.45, 2.75) is 46.0 Å². The maximum absolute atomic E-state index is 11.5. The number of hydrogen-bond acceptors (Lipinski definition) is 2. The lowest BCUT2D eigenvalue weighted by Gasteiger charge is -2.08. The first-order valence-electron chi connectivity index (χ1n) is 5.80. The van der Waals surface area contributed by atoms with Gasteiger partial charge < -0.3 is 5.32 Å². The van der Waals surface area contributed by atoms with E-state index in [1.807, 2.05) is 0 Å². The number of carbonyl (C=O) groups excluding carboxylic acids is 1. The molecular formula is C12H20N2O. The SMILES string of the molecule is CC(C)CCCCNC(=O)C1(C#N)CC1. The minimum atomic E-state index is -0.655. The zero-order valence-corrected chi connectivity index (χ0v) is 9.68. The monoisotopic (exact) mass is 208 g/mol. The van der Waals surface area contributed by atoms with E-state index in [0.29, 0.717) is 0 Å². The number of rotatable bonds is 6. The van der Waals surface area contributed by atoms with Gasteiger partial charge in [-0.1, -0.05) is 26.7 Å². The Bertz CT molecular complexity index is 261. The predicted molar refractivity (Wildman–Crippen MR) is 59.0 cm³/mol. The van der Waals surface area contributed by atoms with Crippen LogP contribution >= 0.6 is 0 Å². The van der Waals surface area contributed by atoms with Crippen LogP contribution in [0.4, 0.5) is 0 Å². The van der Waals surface area contributed by atoms with Crippen LogP contribution in [0.2, 0.25) is 0 Å². The first-order valence-corrected chi connectivity index (χ1v) is 5.80. The lowest BCUT2D eigenvalue weighted by molar-refractivity contribution is -0.124. The van der Waals surface area contributed by atoms with Gasteiger partial charge in [0.1, 0.15) is 5.41 Å². The summed E-state index contributed by atoms with van der Waals surface area (Å²) in [5, 5.41) is 11.6. The summed E-state index contributed by atoms with van der Waals surface area (Å²) in [5.41, 5.74) is -0.655. The molecule has 0 aromatic heterocycles. The summed E-state index contributed by atoms with van der Waals surface area (Å²) in [4.78, 5) is 11.5. The lowest BCUT2D eigenvalue weighted by atomic mass is 10.1. The Hall–Kier alpha value is -1.04. The number of amides is 1. The molecule has 0 aromatic carbocycles. The summed E-state index contributed by atoms with van der Waals surface area (Å²) in [6, 6.07) is 2.10. The summed E-state index contributed by atoms with van der Waals surface area (Å²) in [6.45, 7) is 5.12. The summed E-state index contributed by atoms with van der Waals surface area (Å²) >= 11 is 0. The highest BCUT2D eigenvalue weighted by Gasteiger charge is 2.50. The third kappa shape index (κ3) is 3.54. The molecule has 0 heterocycles. The van der Waals surface area contributed by atoms with Crippen molar-refractivity contribution in [3.05, 3.63) is 0 Å². The van der Waals surface area contributed by atoms with E-state index in [1.165, 1.54) is 6.42 Å². The van der Waals surface area contributed by atoms with E-state index in [4.69, 9.17) is 5.26 Å². The van der Waals surface area contributed by atoms with Crippen LogP contribution in [0.25, 0.3) is 0 Å². The fraction of sp³-hybridized carbons (Fsp3) is 0.833. The maximum atomic E-state index is 11.5. The van der Waals surface area contributed by atoms with Gasteiger partial charge >= 0.3 is 0 Å². The van der Waals surface area contributed by atoms with Gasteiger partial charge in [0, 0.05) is 6.54 Å². The van der Waals surface area contributed by atoms with Crippen molar-refractivity contribution in [3.8, 4) is 6.07 Å². The van der Waals surface area contributed by atoms with E-state index in [-0.39, 0.29) is 5.91 Å². The number of nitriles is 1. The molecule has 0 unspecified atom stereocenters. The maximum Gasteiger partial charge on any atom is 0.240 e. The number of nitrogens with one attached hydrogen (secondary N) is 1. The Balaban J connectivity index is 2.06. The zero-order chi connectivity index (χ0) is 11.3. The highest BCUT2D eigenvalue weighted by atomic mass is 16.2. The summed E-state index contributed by atoms with van der Waals surface area (Å²) in [5.74, 6) is 0.670. The smallest absolute Gasteiger partial charge is 0.240 e. The fourth-order valence-corrected chi connectivity index (χ4v) is 1.56. The average Bonchev–Trinajstić information content (AvgIpc) is 2.97. The molecule has 1 aliphatic carbocycles. The minimum absolute atomic E-state index is 0.0606. The molecule has 84 valence electrons. The van der Waals surface area contributed by atoms with Crippen LogP contribution in [-0.4, -0.2) is 12.5 Å². The molecule has 1 N–H and O–H groups in total. The number of nitrogens with zero attached hydrogens (tertiary/aromatic N) is 1. The van der Waals surface area contributed by atoms with Crippen LogP contribution in [0.15, 0.2) is 0 Å². The van der Waals surface area contributed by atoms with Crippen molar-refractivity contribution >= 4 is 5.91 Å².